The van der Waals surface area contributed by atoms with Crippen LogP contribution in [0.5, 0.6) is 0 Å². The van der Waals surface area contributed by atoms with Crippen LogP contribution in [-0.2, 0) is 0 Å². The number of aromatic nitrogens is 3. The normalized spacial score (nSPS) is 10.6. The van der Waals surface area contributed by atoms with E-state index in [2.05, 4.69) is 21.5 Å². The van der Waals surface area contributed by atoms with Crippen LogP contribution >= 0.6 is 11.6 Å². The van der Waals surface area contributed by atoms with Gasteiger partial charge in [-0.2, -0.15) is 15.0 Å². The number of fused-ring (bicyclic) bond motifs is 1. The molecule has 1 N–H and O–H groups in total. The Kier molecular flexibility index (Phi) is 4.52. The number of carbonyl (C=O) groups excluding carboxylic acids is 1. The van der Waals surface area contributed by atoms with Crippen molar-refractivity contribution < 1.29 is 4.79 Å². The molecule has 0 radical (unpaired) electrons. The molecule has 0 unspecified atom stereocenters. The summed E-state index contributed by atoms with van der Waals surface area (Å²) in [5.74, 6) is 0.418. The average molecular weight is 388 g/mol. The predicted molar refractivity (Wildman–Crippen MR) is 108 cm³/mol. The Bertz CT molecular complexity index is 1240. The molecule has 0 aliphatic rings. The number of halogens is 1. The summed E-state index contributed by atoms with van der Waals surface area (Å²) < 4.78 is 1.46. The summed E-state index contributed by atoms with van der Waals surface area (Å²) in [5.41, 5.74) is 2.49. The van der Waals surface area contributed by atoms with E-state index < -0.39 is 0 Å². The summed E-state index contributed by atoms with van der Waals surface area (Å²) in [5, 5.41) is 18.0. The fraction of sp³-hybridized carbons (Fsp3) is 0.0476. The molecule has 0 atom stereocenters. The molecule has 7 heteroatoms. The Morgan fingerprint density at radius 3 is 2.68 bits per heavy atom. The molecule has 0 bridgehead atoms. The molecular formula is C21H14ClN5O. The Morgan fingerprint density at radius 2 is 1.93 bits per heavy atom. The summed E-state index contributed by atoms with van der Waals surface area (Å²) >= 11 is 5.88. The third-order valence-electron chi connectivity index (χ3n) is 4.35. The maximum atomic E-state index is 12.6. The van der Waals surface area contributed by atoms with Crippen LogP contribution in [0.2, 0.25) is 5.02 Å². The zero-order valence-electron chi connectivity index (χ0n) is 14.8. The maximum Gasteiger partial charge on any atom is 0.256 e. The van der Waals surface area contributed by atoms with Crippen LogP contribution in [0, 0.1) is 18.3 Å². The van der Waals surface area contributed by atoms with Crippen molar-refractivity contribution in [3.63, 3.8) is 0 Å². The summed E-state index contributed by atoms with van der Waals surface area (Å²) in [6.45, 7) is 1.98. The first-order chi connectivity index (χ1) is 13.6. The first-order valence-corrected chi connectivity index (χ1v) is 8.86. The van der Waals surface area contributed by atoms with Crippen molar-refractivity contribution >= 4 is 34.2 Å². The van der Waals surface area contributed by atoms with Crippen LogP contribution in [0.4, 0.5) is 5.82 Å². The first kappa shape index (κ1) is 17.7. The van der Waals surface area contributed by atoms with Gasteiger partial charge >= 0.3 is 0 Å². The number of nitriles is 1. The van der Waals surface area contributed by atoms with Crippen LogP contribution in [-0.4, -0.2) is 20.7 Å². The van der Waals surface area contributed by atoms with Crippen molar-refractivity contribution in [2.24, 2.45) is 0 Å². The van der Waals surface area contributed by atoms with Crippen LogP contribution in [0.3, 0.4) is 0 Å². The number of nitrogens with zero attached hydrogens (tertiary/aromatic N) is 4. The van der Waals surface area contributed by atoms with Crippen LogP contribution in [0.1, 0.15) is 21.5 Å². The van der Waals surface area contributed by atoms with Crippen molar-refractivity contribution in [3.8, 4) is 11.9 Å². The van der Waals surface area contributed by atoms with Gasteiger partial charge in [0.1, 0.15) is 11.6 Å². The smallest absolute Gasteiger partial charge is 0.256 e. The largest absolute Gasteiger partial charge is 0.305 e. The average Bonchev–Trinajstić information content (AvgIpc) is 3.11. The van der Waals surface area contributed by atoms with E-state index in [1.165, 1.54) is 10.9 Å². The van der Waals surface area contributed by atoms with E-state index in [1.807, 2.05) is 37.3 Å². The minimum absolute atomic E-state index is 0.245. The molecule has 136 valence electrons. The Morgan fingerprint density at radius 1 is 1.18 bits per heavy atom. The van der Waals surface area contributed by atoms with Gasteiger partial charge in [0.05, 0.1) is 11.7 Å². The van der Waals surface area contributed by atoms with Crippen molar-refractivity contribution in [2.75, 3.05) is 5.32 Å². The lowest BCUT2D eigenvalue weighted by Crippen LogP contribution is -2.16. The Labute approximate surface area is 166 Å². The van der Waals surface area contributed by atoms with Crippen molar-refractivity contribution in [3.05, 3.63) is 82.5 Å². The molecule has 28 heavy (non-hydrogen) atoms. The third-order valence-corrected chi connectivity index (χ3v) is 4.61. The van der Waals surface area contributed by atoms with E-state index >= 15 is 0 Å². The number of carbonyl (C=O) groups is 1. The summed E-state index contributed by atoms with van der Waals surface area (Å²) in [4.78, 5) is 17.3. The van der Waals surface area contributed by atoms with Crippen LogP contribution in [0.25, 0.3) is 16.7 Å². The molecule has 2 aromatic heterocycles. The molecule has 0 saturated carbocycles. The number of aryl methyl sites for hydroxylation is 1. The summed E-state index contributed by atoms with van der Waals surface area (Å²) in [6.07, 6.45) is 1.41. The number of para-hydroxylation sites is 1. The molecule has 4 rings (SSSR count). The number of pyridine rings is 1. The van der Waals surface area contributed by atoms with E-state index in [0.29, 0.717) is 16.4 Å². The number of benzene rings is 2. The molecule has 2 aromatic carbocycles. The zero-order valence-corrected chi connectivity index (χ0v) is 15.6. The minimum Gasteiger partial charge on any atom is -0.305 e. The zero-order chi connectivity index (χ0) is 19.7. The third kappa shape index (κ3) is 3.20. The molecule has 0 spiro atoms. The Hall–Kier alpha value is -3.69. The van der Waals surface area contributed by atoms with E-state index in [9.17, 15) is 10.1 Å². The van der Waals surface area contributed by atoms with Gasteiger partial charge in [-0.15, -0.1) is 0 Å². The quantitative estimate of drug-likeness (QED) is 0.560. The molecule has 1 amide bonds. The highest BCUT2D eigenvalue weighted by atomic mass is 35.5. The topological polar surface area (TPSA) is 83.6 Å². The molecule has 0 saturated heterocycles. The monoisotopic (exact) mass is 387 g/mol. The van der Waals surface area contributed by atoms with Gasteiger partial charge < -0.3 is 5.32 Å². The SMILES string of the molecule is Cc1cc(-n2ncc(C#N)c2NC(=O)c2ccc(Cl)cc2)nc2ccccc12. The molecule has 6 nitrogen and oxygen atoms in total. The van der Waals surface area contributed by atoms with Gasteiger partial charge in [0.15, 0.2) is 11.6 Å². The highest BCUT2D eigenvalue weighted by molar-refractivity contribution is 6.30. The number of amides is 1. The van der Waals surface area contributed by atoms with Gasteiger partial charge in [-0.05, 0) is 48.9 Å². The predicted octanol–water partition coefficient (Wildman–Crippen LogP) is 4.51. The number of rotatable bonds is 3. The van der Waals surface area contributed by atoms with E-state index in [4.69, 9.17) is 11.6 Å². The fourth-order valence-corrected chi connectivity index (χ4v) is 3.07. The molecule has 0 aliphatic carbocycles. The fourth-order valence-electron chi connectivity index (χ4n) is 2.95. The number of hydrogen-bond donors (Lipinski definition) is 1. The number of nitrogens with one attached hydrogen (secondary N) is 1. The lowest BCUT2D eigenvalue weighted by atomic mass is 10.1. The standard InChI is InChI=1S/C21H14ClN5O/c1-13-10-19(25-18-5-3-2-4-17(13)18)27-20(15(11-23)12-24-27)26-21(28)14-6-8-16(22)9-7-14/h2-10,12H,1H3,(H,26,28). The van der Waals surface area contributed by atoms with Gasteiger partial charge in [-0.1, -0.05) is 29.8 Å². The highest BCUT2D eigenvalue weighted by Gasteiger charge is 2.17. The van der Waals surface area contributed by atoms with Crippen molar-refractivity contribution in [1.82, 2.24) is 14.8 Å². The van der Waals surface area contributed by atoms with Gasteiger partial charge in [0.25, 0.3) is 5.91 Å². The molecule has 0 aliphatic heterocycles. The van der Waals surface area contributed by atoms with Crippen LogP contribution < -0.4 is 5.32 Å². The second-order valence-electron chi connectivity index (χ2n) is 6.21. The first-order valence-electron chi connectivity index (χ1n) is 8.48. The van der Waals surface area contributed by atoms with Gasteiger partial charge in [-0.25, -0.2) is 4.98 Å². The van der Waals surface area contributed by atoms with Crippen molar-refractivity contribution in [1.29, 1.82) is 5.26 Å². The highest BCUT2D eigenvalue weighted by Crippen LogP contribution is 2.24. The maximum absolute atomic E-state index is 12.6. The minimum atomic E-state index is -0.368. The summed E-state index contributed by atoms with van der Waals surface area (Å²) in [7, 11) is 0. The van der Waals surface area contributed by atoms with Crippen molar-refractivity contribution in [2.45, 2.75) is 6.92 Å². The van der Waals surface area contributed by atoms with Gasteiger partial charge in [0, 0.05) is 16.0 Å². The number of hydrogen-bond acceptors (Lipinski definition) is 4. The molecule has 0 fully saturated rings. The van der Waals surface area contributed by atoms with Gasteiger partial charge in [-0.3, -0.25) is 4.79 Å². The second-order valence-corrected chi connectivity index (χ2v) is 6.64. The van der Waals surface area contributed by atoms with E-state index in [-0.39, 0.29) is 17.3 Å². The molecule has 4 aromatic rings. The number of anilines is 1. The van der Waals surface area contributed by atoms with Crippen LogP contribution in [0.15, 0.2) is 60.8 Å². The lowest BCUT2D eigenvalue weighted by molar-refractivity contribution is 0.102. The van der Waals surface area contributed by atoms with Gasteiger partial charge in [0.2, 0.25) is 0 Å². The lowest BCUT2D eigenvalue weighted by Gasteiger charge is -2.11. The summed E-state index contributed by atoms with van der Waals surface area (Å²) in [6, 6.07) is 18.2. The van der Waals surface area contributed by atoms with E-state index in [0.717, 1.165) is 16.5 Å². The molecule has 2 heterocycles. The van der Waals surface area contributed by atoms with E-state index in [1.54, 1.807) is 24.3 Å². The Balaban J connectivity index is 1.78. The molecular weight excluding hydrogens is 374 g/mol. The second kappa shape index (κ2) is 7.14.